The minimum atomic E-state index is 0.772. The maximum atomic E-state index is 4.41. The van der Waals surface area contributed by atoms with Gasteiger partial charge in [0.05, 0.1) is 12.2 Å². The largest absolute Gasteiger partial charge is 0.355 e. The van der Waals surface area contributed by atoms with E-state index in [0.717, 1.165) is 28.8 Å². The van der Waals surface area contributed by atoms with E-state index in [1.807, 2.05) is 11.6 Å². The predicted molar refractivity (Wildman–Crippen MR) is 60.9 cm³/mol. The summed E-state index contributed by atoms with van der Waals surface area (Å²) in [5.41, 5.74) is 1.15. The Morgan fingerprint density at radius 1 is 1.43 bits per heavy atom. The van der Waals surface area contributed by atoms with E-state index < -0.39 is 0 Å². The van der Waals surface area contributed by atoms with Crippen LogP contribution in [0.15, 0.2) is 17.0 Å². The molecule has 0 aliphatic heterocycles. The Bertz CT molecular complexity index is 380. The number of thiazole rings is 2. The molecule has 0 aromatic carbocycles. The third kappa shape index (κ3) is 2.30. The van der Waals surface area contributed by atoms with Crippen molar-refractivity contribution in [3.63, 3.8) is 0 Å². The van der Waals surface area contributed by atoms with E-state index >= 15 is 0 Å². The molecule has 5 heteroatoms. The summed E-state index contributed by atoms with van der Waals surface area (Å²) >= 11 is 3.31. The van der Waals surface area contributed by atoms with Crippen LogP contribution in [0.5, 0.6) is 0 Å². The first-order valence-corrected chi connectivity index (χ1v) is 6.21. The molecule has 0 atom stereocenters. The summed E-state index contributed by atoms with van der Waals surface area (Å²) in [6, 6.07) is 0. The average molecular weight is 225 g/mol. The molecule has 0 aliphatic carbocycles. The van der Waals surface area contributed by atoms with Gasteiger partial charge in [0, 0.05) is 17.0 Å². The first kappa shape index (κ1) is 9.61. The number of hydrogen-bond acceptors (Lipinski definition) is 5. The molecule has 1 N–H and O–H groups in total. The minimum absolute atomic E-state index is 0.772. The highest BCUT2D eigenvalue weighted by atomic mass is 32.1. The topological polar surface area (TPSA) is 37.8 Å². The number of aryl methyl sites for hydroxylation is 1. The zero-order chi connectivity index (χ0) is 9.80. The van der Waals surface area contributed by atoms with E-state index in [1.165, 1.54) is 0 Å². The molecular weight excluding hydrogens is 214 g/mol. The summed E-state index contributed by atoms with van der Waals surface area (Å²) in [4.78, 5) is 8.60. The van der Waals surface area contributed by atoms with Crippen LogP contribution in [-0.2, 0) is 13.0 Å². The van der Waals surface area contributed by atoms with Gasteiger partial charge >= 0.3 is 0 Å². The van der Waals surface area contributed by atoms with Crippen molar-refractivity contribution in [2.45, 2.75) is 19.9 Å². The van der Waals surface area contributed by atoms with E-state index in [2.05, 4.69) is 27.6 Å². The summed E-state index contributed by atoms with van der Waals surface area (Å²) in [6.07, 6.45) is 2.82. The van der Waals surface area contributed by atoms with Crippen molar-refractivity contribution in [1.29, 1.82) is 0 Å². The molecule has 0 saturated carbocycles. The summed E-state index contributed by atoms with van der Waals surface area (Å²) < 4.78 is 0. The Morgan fingerprint density at radius 3 is 3.00 bits per heavy atom. The lowest BCUT2D eigenvalue weighted by atomic mass is 10.4. The smallest absolute Gasteiger partial charge is 0.183 e. The quantitative estimate of drug-likeness (QED) is 0.869. The first-order chi connectivity index (χ1) is 6.88. The maximum Gasteiger partial charge on any atom is 0.183 e. The Balaban J connectivity index is 1.92. The van der Waals surface area contributed by atoms with Crippen LogP contribution in [0.1, 0.15) is 17.6 Å². The van der Waals surface area contributed by atoms with E-state index in [9.17, 15) is 0 Å². The fourth-order valence-electron chi connectivity index (χ4n) is 1.04. The van der Waals surface area contributed by atoms with Gasteiger partial charge in [0.15, 0.2) is 5.13 Å². The van der Waals surface area contributed by atoms with E-state index in [1.54, 1.807) is 22.7 Å². The van der Waals surface area contributed by atoms with Crippen molar-refractivity contribution < 1.29 is 0 Å². The van der Waals surface area contributed by atoms with Crippen molar-refractivity contribution in [3.8, 4) is 0 Å². The van der Waals surface area contributed by atoms with Gasteiger partial charge in [-0.1, -0.05) is 6.92 Å². The lowest BCUT2D eigenvalue weighted by Gasteiger charge is -1.97. The van der Waals surface area contributed by atoms with Crippen molar-refractivity contribution in [2.24, 2.45) is 0 Å². The van der Waals surface area contributed by atoms with Gasteiger partial charge in [-0.25, -0.2) is 9.97 Å². The molecule has 0 aliphatic rings. The second-order valence-corrected chi connectivity index (χ2v) is 4.61. The molecular formula is C9H11N3S2. The van der Waals surface area contributed by atoms with Gasteiger partial charge in [-0.3, -0.25) is 0 Å². The molecule has 0 radical (unpaired) electrons. The number of nitrogens with zero attached hydrogens (tertiary/aromatic N) is 2. The lowest BCUT2D eigenvalue weighted by Crippen LogP contribution is -1.98. The summed E-state index contributed by atoms with van der Waals surface area (Å²) in [6.45, 7) is 2.88. The van der Waals surface area contributed by atoms with Gasteiger partial charge < -0.3 is 5.32 Å². The van der Waals surface area contributed by atoms with Crippen LogP contribution >= 0.6 is 22.7 Å². The molecule has 14 heavy (non-hydrogen) atoms. The monoisotopic (exact) mass is 225 g/mol. The van der Waals surface area contributed by atoms with Crippen molar-refractivity contribution >= 4 is 27.8 Å². The number of aromatic nitrogens is 2. The molecule has 2 heterocycles. The molecule has 0 bridgehead atoms. The standard InChI is InChI=1S/C9H11N3S2/c1-2-7-6-14-9(12-7)11-5-8-10-3-4-13-8/h3-4,6H,2,5H2,1H3,(H,11,12). The Hall–Kier alpha value is -0.940. The molecule has 0 spiro atoms. The van der Waals surface area contributed by atoms with Crippen LogP contribution in [-0.4, -0.2) is 9.97 Å². The van der Waals surface area contributed by atoms with Crippen LogP contribution < -0.4 is 5.32 Å². The summed E-state index contributed by atoms with van der Waals surface area (Å²) in [5, 5.41) is 9.41. The third-order valence-corrected chi connectivity index (χ3v) is 3.42. The van der Waals surface area contributed by atoms with Gasteiger partial charge in [0.1, 0.15) is 5.01 Å². The fourth-order valence-corrected chi connectivity index (χ4v) is 2.39. The molecule has 0 fully saturated rings. The zero-order valence-corrected chi connectivity index (χ0v) is 9.49. The number of rotatable bonds is 4. The van der Waals surface area contributed by atoms with Crippen LogP contribution in [0, 0.1) is 0 Å². The lowest BCUT2D eigenvalue weighted by molar-refractivity contribution is 1.04. The van der Waals surface area contributed by atoms with Crippen molar-refractivity contribution in [1.82, 2.24) is 9.97 Å². The molecule has 0 amide bonds. The van der Waals surface area contributed by atoms with Crippen molar-refractivity contribution in [2.75, 3.05) is 5.32 Å². The van der Waals surface area contributed by atoms with Gasteiger partial charge in [0.25, 0.3) is 0 Å². The Kier molecular flexibility index (Phi) is 3.10. The average Bonchev–Trinajstić information content (AvgIpc) is 2.86. The SMILES string of the molecule is CCc1csc(NCc2nccs2)n1. The highest BCUT2D eigenvalue weighted by molar-refractivity contribution is 7.13. The third-order valence-electron chi connectivity index (χ3n) is 1.79. The number of nitrogens with one attached hydrogen (secondary N) is 1. The van der Waals surface area contributed by atoms with Crippen LogP contribution in [0.25, 0.3) is 0 Å². The van der Waals surface area contributed by atoms with Gasteiger partial charge in [-0.15, -0.1) is 22.7 Å². The van der Waals surface area contributed by atoms with E-state index in [4.69, 9.17) is 0 Å². The van der Waals surface area contributed by atoms with Gasteiger partial charge in [-0.05, 0) is 6.42 Å². The molecule has 0 unspecified atom stereocenters. The normalized spacial score (nSPS) is 10.4. The zero-order valence-electron chi connectivity index (χ0n) is 7.86. The number of anilines is 1. The Morgan fingerprint density at radius 2 is 2.36 bits per heavy atom. The highest BCUT2D eigenvalue weighted by Crippen LogP contribution is 2.16. The fraction of sp³-hybridized carbons (Fsp3) is 0.333. The summed E-state index contributed by atoms with van der Waals surface area (Å²) in [7, 11) is 0. The molecule has 3 nitrogen and oxygen atoms in total. The highest BCUT2D eigenvalue weighted by Gasteiger charge is 2.00. The molecule has 74 valence electrons. The van der Waals surface area contributed by atoms with Crippen molar-refractivity contribution in [3.05, 3.63) is 27.7 Å². The van der Waals surface area contributed by atoms with E-state index in [0.29, 0.717) is 0 Å². The molecule has 2 aromatic rings. The van der Waals surface area contributed by atoms with Crippen LogP contribution in [0.2, 0.25) is 0 Å². The minimum Gasteiger partial charge on any atom is -0.355 e. The van der Waals surface area contributed by atoms with Crippen LogP contribution in [0.3, 0.4) is 0 Å². The molecule has 2 aromatic heterocycles. The second-order valence-electron chi connectivity index (χ2n) is 2.78. The molecule has 2 rings (SSSR count). The first-order valence-electron chi connectivity index (χ1n) is 4.45. The second kappa shape index (κ2) is 4.52. The summed E-state index contributed by atoms with van der Waals surface area (Å²) in [5.74, 6) is 0. The van der Waals surface area contributed by atoms with E-state index in [-0.39, 0.29) is 0 Å². The predicted octanol–water partition coefficient (Wildman–Crippen LogP) is 2.77. The Labute approximate surface area is 90.9 Å². The van der Waals surface area contributed by atoms with Gasteiger partial charge in [-0.2, -0.15) is 0 Å². The maximum absolute atomic E-state index is 4.41. The van der Waals surface area contributed by atoms with Gasteiger partial charge in [0.2, 0.25) is 0 Å². The number of hydrogen-bond donors (Lipinski definition) is 1. The molecule has 0 saturated heterocycles. The van der Waals surface area contributed by atoms with Crippen LogP contribution in [0.4, 0.5) is 5.13 Å².